The fraction of sp³-hybridized carbons (Fsp3) is 0.200. The quantitative estimate of drug-likeness (QED) is 0.622. The molecule has 1 atom stereocenters. The number of carbonyl (C=O) groups excluding carboxylic acids is 2. The SMILES string of the molecule is CNC(=O)C(Cc1ccccc1)N(Cc1ccccc1)C(=O)Cc1ccccc1F. The summed E-state index contributed by atoms with van der Waals surface area (Å²) in [5.41, 5.74) is 2.17. The van der Waals surface area contributed by atoms with Crippen molar-refractivity contribution in [2.45, 2.75) is 25.4 Å². The van der Waals surface area contributed by atoms with Gasteiger partial charge in [-0.3, -0.25) is 9.59 Å². The van der Waals surface area contributed by atoms with Gasteiger partial charge in [0.2, 0.25) is 11.8 Å². The van der Waals surface area contributed by atoms with Gasteiger partial charge in [0.15, 0.2) is 0 Å². The monoisotopic (exact) mass is 404 g/mol. The van der Waals surface area contributed by atoms with Gasteiger partial charge in [0.05, 0.1) is 6.42 Å². The van der Waals surface area contributed by atoms with Gasteiger partial charge in [-0.15, -0.1) is 0 Å². The average Bonchev–Trinajstić information content (AvgIpc) is 2.78. The van der Waals surface area contributed by atoms with Gasteiger partial charge in [-0.1, -0.05) is 78.9 Å². The van der Waals surface area contributed by atoms with E-state index in [-0.39, 0.29) is 24.8 Å². The summed E-state index contributed by atoms with van der Waals surface area (Å²) in [5, 5.41) is 2.67. The van der Waals surface area contributed by atoms with Crippen molar-refractivity contribution in [3.05, 3.63) is 107 Å². The van der Waals surface area contributed by atoms with E-state index in [1.165, 1.54) is 6.07 Å². The van der Waals surface area contributed by atoms with Crippen LogP contribution in [0.15, 0.2) is 84.9 Å². The maximum Gasteiger partial charge on any atom is 0.242 e. The molecule has 0 fully saturated rings. The molecule has 0 radical (unpaired) electrons. The van der Waals surface area contributed by atoms with Crippen molar-refractivity contribution in [2.75, 3.05) is 7.05 Å². The predicted octanol–water partition coefficient (Wildman–Crippen LogP) is 3.75. The van der Waals surface area contributed by atoms with E-state index >= 15 is 0 Å². The van der Waals surface area contributed by atoms with Crippen molar-refractivity contribution < 1.29 is 14.0 Å². The van der Waals surface area contributed by atoms with Crippen molar-refractivity contribution in [3.8, 4) is 0 Å². The Bertz CT molecular complexity index is 977. The maximum absolute atomic E-state index is 14.2. The van der Waals surface area contributed by atoms with Crippen molar-refractivity contribution in [3.63, 3.8) is 0 Å². The molecule has 30 heavy (non-hydrogen) atoms. The number of benzene rings is 3. The van der Waals surface area contributed by atoms with Crippen molar-refractivity contribution in [1.29, 1.82) is 0 Å². The normalized spacial score (nSPS) is 11.5. The van der Waals surface area contributed by atoms with E-state index in [1.54, 1.807) is 30.1 Å². The number of hydrogen-bond acceptors (Lipinski definition) is 2. The zero-order valence-electron chi connectivity index (χ0n) is 16.9. The summed E-state index contributed by atoms with van der Waals surface area (Å²) in [6, 6.07) is 24.6. The molecular weight excluding hydrogens is 379 g/mol. The van der Waals surface area contributed by atoms with Crippen LogP contribution in [0.1, 0.15) is 16.7 Å². The smallest absolute Gasteiger partial charge is 0.242 e. The lowest BCUT2D eigenvalue weighted by atomic mass is 10.0. The molecule has 4 nitrogen and oxygen atoms in total. The van der Waals surface area contributed by atoms with Crippen LogP contribution in [0.2, 0.25) is 0 Å². The Morgan fingerprint density at radius 2 is 1.43 bits per heavy atom. The molecule has 1 N–H and O–H groups in total. The third-order valence-electron chi connectivity index (χ3n) is 5.01. The molecule has 0 bridgehead atoms. The van der Waals surface area contributed by atoms with Gasteiger partial charge in [-0.05, 0) is 22.8 Å². The first-order valence-electron chi connectivity index (χ1n) is 9.91. The topological polar surface area (TPSA) is 49.4 Å². The summed E-state index contributed by atoms with van der Waals surface area (Å²) >= 11 is 0. The van der Waals surface area contributed by atoms with Crippen LogP contribution < -0.4 is 5.32 Å². The second-order valence-corrected chi connectivity index (χ2v) is 7.10. The second kappa shape index (κ2) is 10.3. The number of halogens is 1. The molecular formula is C25H25FN2O2. The Morgan fingerprint density at radius 1 is 0.867 bits per heavy atom. The molecule has 0 saturated heterocycles. The summed E-state index contributed by atoms with van der Waals surface area (Å²) in [6.45, 7) is 0.263. The third-order valence-corrected chi connectivity index (χ3v) is 5.01. The lowest BCUT2D eigenvalue weighted by Gasteiger charge is -2.31. The Morgan fingerprint density at radius 3 is 2.03 bits per heavy atom. The molecule has 2 amide bonds. The minimum Gasteiger partial charge on any atom is -0.357 e. The van der Waals surface area contributed by atoms with Gasteiger partial charge in [-0.25, -0.2) is 4.39 Å². The van der Waals surface area contributed by atoms with E-state index < -0.39 is 11.9 Å². The van der Waals surface area contributed by atoms with Crippen LogP contribution in [-0.4, -0.2) is 29.8 Å². The van der Waals surface area contributed by atoms with Gasteiger partial charge in [0.1, 0.15) is 11.9 Å². The van der Waals surface area contributed by atoms with Gasteiger partial charge < -0.3 is 10.2 Å². The predicted molar refractivity (Wildman–Crippen MR) is 115 cm³/mol. The third kappa shape index (κ3) is 5.54. The summed E-state index contributed by atoms with van der Waals surface area (Å²) < 4.78 is 14.2. The first-order valence-corrected chi connectivity index (χ1v) is 9.91. The summed E-state index contributed by atoms with van der Waals surface area (Å²) in [4.78, 5) is 27.6. The zero-order valence-corrected chi connectivity index (χ0v) is 16.9. The highest BCUT2D eigenvalue weighted by molar-refractivity contribution is 5.88. The molecule has 3 aromatic carbocycles. The standard InChI is InChI=1S/C25H25FN2O2/c1-27-25(30)23(16-19-10-4-2-5-11-19)28(18-20-12-6-3-7-13-20)24(29)17-21-14-8-9-15-22(21)26/h2-15,23H,16-18H2,1H3,(H,27,30). The number of hydrogen-bond donors (Lipinski definition) is 1. The Kier molecular flexibility index (Phi) is 7.33. The Labute approximate surface area is 176 Å². The van der Waals surface area contributed by atoms with Gasteiger partial charge in [0.25, 0.3) is 0 Å². The fourth-order valence-corrected chi connectivity index (χ4v) is 3.41. The van der Waals surface area contributed by atoms with E-state index in [2.05, 4.69) is 5.32 Å². The summed E-state index contributed by atoms with van der Waals surface area (Å²) in [6.07, 6.45) is 0.262. The number of rotatable bonds is 8. The first kappa shape index (κ1) is 21.2. The number of amides is 2. The summed E-state index contributed by atoms with van der Waals surface area (Å²) in [5.74, 6) is -0.977. The van der Waals surface area contributed by atoms with Crippen LogP contribution in [0.4, 0.5) is 4.39 Å². The Balaban J connectivity index is 1.93. The lowest BCUT2D eigenvalue weighted by Crippen LogP contribution is -2.50. The molecule has 3 aromatic rings. The molecule has 0 aliphatic rings. The highest BCUT2D eigenvalue weighted by Gasteiger charge is 2.30. The molecule has 0 heterocycles. The molecule has 0 spiro atoms. The molecule has 154 valence electrons. The molecule has 0 saturated carbocycles. The zero-order chi connectivity index (χ0) is 21.3. The van der Waals surface area contributed by atoms with E-state index in [0.717, 1.165) is 11.1 Å². The van der Waals surface area contributed by atoms with E-state index in [4.69, 9.17) is 0 Å². The van der Waals surface area contributed by atoms with Crippen LogP contribution in [0, 0.1) is 5.82 Å². The van der Waals surface area contributed by atoms with E-state index in [0.29, 0.717) is 12.0 Å². The van der Waals surface area contributed by atoms with Crippen molar-refractivity contribution in [1.82, 2.24) is 10.2 Å². The van der Waals surface area contributed by atoms with Crippen molar-refractivity contribution >= 4 is 11.8 Å². The Hall–Kier alpha value is -3.47. The van der Waals surface area contributed by atoms with Gasteiger partial charge in [-0.2, -0.15) is 0 Å². The lowest BCUT2D eigenvalue weighted by molar-refractivity contribution is -0.140. The number of likely N-dealkylation sites (N-methyl/N-ethyl adjacent to an activating group) is 1. The number of nitrogens with one attached hydrogen (secondary N) is 1. The molecule has 5 heteroatoms. The van der Waals surface area contributed by atoms with Gasteiger partial charge in [0, 0.05) is 20.0 Å². The fourth-order valence-electron chi connectivity index (χ4n) is 3.41. The highest BCUT2D eigenvalue weighted by Crippen LogP contribution is 2.17. The number of nitrogens with zero attached hydrogens (tertiary/aromatic N) is 1. The molecule has 0 aliphatic heterocycles. The maximum atomic E-state index is 14.2. The summed E-state index contributed by atoms with van der Waals surface area (Å²) in [7, 11) is 1.56. The van der Waals surface area contributed by atoms with Gasteiger partial charge >= 0.3 is 0 Å². The second-order valence-electron chi connectivity index (χ2n) is 7.10. The molecule has 0 aromatic heterocycles. The van der Waals surface area contributed by atoms with Crippen LogP contribution in [0.5, 0.6) is 0 Å². The minimum absolute atomic E-state index is 0.109. The van der Waals surface area contributed by atoms with Crippen molar-refractivity contribution in [2.24, 2.45) is 0 Å². The van der Waals surface area contributed by atoms with Crippen LogP contribution in [0.25, 0.3) is 0 Å². The van der Waals surface area contributed by atoms with Crippen LogP contribution in [-0.2, 0) is 29.0 Å². The number of carbonyl (C=O) groups is 2. The average molecular weight is 404 g/mol. The van der Waals surface area contributed by atoms with E-state index in [1.807, 2.05) is 60.7 Å². The molecule has 1 unspecified atom stereocenters. The largest absolute Gasteiger partial charge is 0.357 e. The highest BCUT2D eigenvalue weighted by atomic mass is 19.1. The first-order chi connectivity index (χ1) is 14.6. The molecule has 0 aliphatic carbocycles. The van der Waals surface area contributed by atoms with E-state index in [9.17, 15) is 14.0 Å². The minimum atomic E-state index is -0.711. The van der Waals surface area contributed by atoms with Crippen LogP contribution in [0.3, 0.4) is 0 Å². The van der Waals surface area contributed by atoms with Crippen LogP contribution >= 0.6 is 0 Å². The molecule has 3 rings (SSSR count).